The molecular weight excluding hydrogens is 1260 g/mol. The summed E-state index contributed by atoms with van der Waals surface area (Å²) < 4.78 is 0. The van der Waals surface area contributed by atoms with Crippen LogP contribution in [0.15, 0.2) is 243 Å². The van der Waals surface area contributed by atoms with Crippen molar-refractivity contribution in [1.82, 2.24) is 0 Å². The molecule has 0 N–H and O–H groups in total. The normalized spacial score (nSPS) is 10.4. The molecular formula is C62H72P4Pt2+4. The third kappa shape index (κ3) is 21.1. The van der Waals surface area contributed by atoms with Crippen LogP contribution in [0.2, 0.25) is 0 Å². The van der Waals surface area contributed by atoms with Gasteiger partial charge in [-0.3, -0.25) is 0 Å². The maximum absolute atomic E-state index is 4.00. The molecule has 0 bridgehead atoms. The van der Waals surface area contributed by atoms with Crippen LogP contribution in [0, 0.1) is 27.7 Å². The fourth-order valence-electron chi connectivity index (χ4n) is 7.89. The van der Waals surface area contributed by atoms with E-state index in [-0.39, 0.29) is 42.1 Å². The van der Waals surface area contributed by atoms with Crippen LogP contribution >= 0.6 is 31.7 Å². The van der Waals surface area contributed by atoms with Crippen LogP contribution in [0.5, 0.6) is 0 Å². The van der Waals surface area contributed by atoms with Crippen molar-refractivity contribution < 1.29 is 42.1 Å². The van der Waals surface area contributed by atoms with Gasteiger partial charge in [-0.05, 0) is 110 Å². The molecule has 0 fully saturated rings. The Balaban J connectivity index is 0.000000238. The van der Waals surface area contributed by atoms with Gasteiger partial charge in [-0.1, -0.05) is 146 Å². The summed E-state index contributed by atoms with van der Waals surface area (Å²) in [6.07, 6.45) is 11.5. The Morgan fingerprint density at radius 3 is 0.485 bits per heavy atom. The molecule has 0 aliphatic carbocycles. The van der Waals surface area contributed by atoms with E-state index in [1.165, 1.54) is 79.9 Å². The Kier molecular flexibility index (Phi) is 32.0. The molecule has 0 unspecified atom stereocenters. The van der Waals surface area contributed by atoms with Gasteiger partial charge in [0.1, 0.15) is 0 Å². The van der Waals surface area contributed by atoms with E-state index in [0.29, 0.717) is 0 Å². The average molecular weight is 1330 g/mol. The summed E-state index contributed by atoms with van der Waals surface area (Å²) in [5.41, 5.74) is 0. The van der Waals surface area contributed by atoms with Crippen molar-refractivity contribution in [2.24, 2.45) is 0 Å². The topological polar surface area (TPSA) is 0 Å². The third-order valence-electron chi connectivity index (χ3n) is 11.2. The van der Waals surface area contributed by atoms with E-state index in [4.69, 9.17) is 0 Å². The molecule has 0 aliphatic heterocycles. The molecule has 8 aromatic carbocycles. The van der Waals surface area contributed by atoms with Gasteiger partial charge in [0.05, 0.1) is 86.4 Å². The second-order valence-electron chi connectivity index (χ2n) is 16.0. The molecule has 0 nitrogen and oxygen atoms in total. The minimum absolute atomic E-state index is 0. The fraction of sp³-hybridized carbons (Fsp3) is 0.161. The van der Waals surface area contributed by atoms with Gasteiger partial charge < -0.3 is 27.7 Å². The molecule has 6 heteroatoms. The van der Waals surface area contributed by atoms with E-state index in [2.05, 4.69) is 270 Å². The molecule has 0 aliphatic rings. The smallest absolute Gasteiger partial charge is 0.343 e. The van der Waals surface area contributed by atoms with Gasteiger partial charge in [-0.15, -0.1) is 12.8 Å². The SMILES string of the molecule is [CH2-]CCC[PH+](c1ccccc1)c1ccccc1.[CH2-]CCC[PH+](c1ccccc1)c1ccccc1.[CH2-]CC[PH+](c1ccccc1)c1ccccc1.[CH2-]CC[PH+](c1ccccc1)c1ccccc1.[Pt+2].[Pt+2]. The van der Waals surface area contributed by atoms with E-state index >= 15 is 0 Å². The minimum atomic E-state index is -0.613. The number of rotatable bonds is 18. The van der Waals surface area contributed by atoms with Gasteiger partial charge >= 0.3 is 42.1 Å². The van der Waals surface area contributed by atoms with Crippen molar-refractivity contribution in [3.8, 4) is 0 Å². The summed E-state index contributed by atoms with van der Waals surface area (Å²) in [5.74, 6) is 0. The van der Waals surface area contributed by atoms with Crippen LogP contribution in [-0.2, 0) is 42.1 Å². The van der Waals surface area contributed by atoms with Gasteiger partial charge in [0.25, 0.3) is 0 Å². The molecule has 0 atom stereocenters. The molecule has 0 spiro atoms. The summed E-state index contributed by atoms with van der Waals surface area (Å²) in [6.45, 7) is 15.9. The predicted octanol–water partition coefficient (Wildman–Crippen LogP) is 13.1. The van der Waals surface area contributed by atoms with Crippen LogP contribution in [0.4, 0.5) is 0 Å². The number of hydrogen-bond acceptors (Lipinski definition) is 0. The quantitative estimate of drug-likeness (QED) is 0.0593. The second-order valence-corrected chi connectivity index (χ2v) is 26.4. The van der Waals surface area contributed by atoms with Crippen molar-refractivity contribution in [2.45, 2.75) is 38.5 Å². The first kappa shape index (κ1) is 59.2. The molecule has 0 saturated carbocycles. The molecule has 68 heavy (non-hydrogen) atoms. The van der Waals surface area contributed by atoms with Crippen molar-refractivity contribution in [3.05, 3.63) is 270 Å². The Labute approximate surface area is 446 Å². The predicted molar refractivity (Wildman–Crippen MR) is 310 cm³/mol. The van der Waals surface area contributed by atoms with Gasteiger partial charge in [0, 0.05) is 12.3 Å². The molecule has 0 aromatic heterocycles. The number of hydrogen-bond donors (Lipinski definition) is 0. The summed E-state index contributed by atoms with van der Waals surface area (Å²) in [4.78, 5) is 0. The Bertz CT molecular complexity index is 2030. The summed E-state index contributed by atoms with van der Waals surface area (Å²) >= 11 is 0. The van der Waals surface area contributed by atoms with Crippen molar-refractivity contribution >= 4 is 74.1 Å². The summed E-state index contributed by atoms with van der Waals surface area (Å²) in [6, 6.07) is 87.0. The van der Waals surface area contributed by atoms with Crippen LogP contribution in [-0.4, -0.2) is 24.6 Å². The zero-order valence-electron chi connectivity index (χ0n) is 39.6. The van der Waals surface area contributed by atoms with Crippen molar-refractivity contribution in [1.29, 1.82) is 0 Å². The van der Waals surface area contributed by atoms with Gasteiger partial charge in [-0.25, -0.2) is 0 Å². The monoisotopic (exact) mass is 1330 g/mol. The van der Waals surface area contributed by atoms with Crippen LogP contribution in [0.25, 0.3) is 0 Å². The Morgan fingerprint density at radius 1 is 0.206 bits per heavy atom. The van der Waals surface area contributed by atoms with Crippen LogP contribution in [0.3, 0.4) is 0 Å². The Morgan fingerprint density at radius 2 is 0.353 bits per heavy atom. The molecule has 8 rings (SSSR count). The molecule has 0 heterocycles. The molecule has 356 valence electrons. The van der Waals surface area contributed by atoms with Gasteiger partial charge in [-0.2, -0.15) is 12.8 Å². The van der Waals surface area contributed by atoms with Crippen LogP contribution < -0.4 is 42.4 Å². The first-order valence-corrected chi connectivity index (χ1v) is 30.5. The average Bonchev–Trinajstić information content (AvgIpc) is 3.40. The molecule has 0 saturated heterocycles. The van der Waals surface area contributed by atoms with Crippen LogP contribution in [0.1, 0.15) is 38.5 Å². The van der Waals surface area contributed by atoms with Crippen molar-refractivity contribution in [3.63, 3.8) is 0 Å². The first-order valence-electron chi connectivity index (χ1n) is 23.7. The minimum Gasteiger partial charge on any atom is -0.343 e. The number of unbranched alkanes of at least 4 members (excludes halogenated alkanes) is 2. The van der Waals surface area contributed by atoms with Gasteiger partial charge in [0.2, 0.25) is 0 Å². The van der Waals surface area contributed by atoms with Crippen molar-refractivity contribution in [2.75, 3.05) is 24.6 Å². The molecule has 8 aromatic rings. The van der Waals surface area contributed by atoms with E-state index in [1.54, 1.807) is 0 Å². The fourth-order valence-corrected chi connectivity index (χ4v) is 18.2. The van der Waals surface area contributed by atoms with E-state index in [0.717, 1.165) is 25.7 Å². The maximum atomic E-state index is 4.00. The van der Waals surface area contributed by atoms with Gasteiger partial charge in [0.15, 0.2) is 0 Å². The van der Waals surface area contributed by atoms with E-state index < -0.39 is 31.7 Å². The third-order valence-corrected chi connectivity index (χ3v) is 22.8. The standard InChI is InChI=1S/2C16H18P.2C15H16P.2Pt/c2*1-2-3-14-17(15-10-6-4-7-11-15)16-12-8-5-9-13-16;2*1-2-13-16(14-9-5-3-6-10-14)15-11-7-4-8-12-15;;/h2*4-13H,1-3,14H2;2*3-12H,1-2,13H2;;/q4*-1;2*+2/p+4. The zero-order chi connectivity index (χ0) is 46.3. The number of benzene rings is 8. The second kappa shape index (κ2) is 36.7. The van der Waals surface area contributed by atoms with E-state index in [9.17, 15) is 0 Å². The summed E-state index contributed by atoms with van der Waals surface area (Å²) in [7, 11) is -2.43. The molecule has 0 radical (unpaired) electrons. The maximum Gasteiger partial charge on any atom is 2.00 e. The Hall–Kier alpha value is -3.14. The molecule has 0 amide bonds. The largest absolute Gasteiger partial charge is 2.00 e. The zero-order valence-corrected chi connectivity index (χ0v) is 48.2. The summed E-state index contributed by atoms with van der Waals surface area (Å²) in [5, 5.41) is 12.0. The first-order chi connectivity index (χ1) is 32.7. The van der Waals surface area contributed by atoms with E-state index in [1.807, 2.05) is 0 Å².